The molecule has 2 rings (SSSR count). The molecule has 0 radical (unpaired) electrons. The van der Waals surface area contributed by atoms with Crippen LogP contribution in [0.25, 0.3) is 0 Å². The van der Waals surface area contributed by atoms with Gasteiger partial charge in [0, 0.05) is 12.1 Å². The molecule has 1 aliphatic rings. The van der Waals surface area contributed by atoms with E-state index in [0.29, 0.717) is 6.04 Å². The molecule has 1 aliphatic carbocycles. The molecule has 1 saturated carbocycles. The van der Waals surface area contributed by atoms with E-state index in [1.807, 2.05) is 0 Å². The number of nitrogens with zero attached hydrogens (tertiary/aromatic N) is 1. The summed E-state index contributed by atoms with van der Waals surface area (Å²) in [6, 6.07) is 2.71. The Kier molecular flexibility index (Phi) is 3.99. The van der Waals surface area contributed by atoms with Crippen LogP contribution in [0.5, 0.6) is 0 Å². The number of rotatable bonds is 4. The average Bonchev–Trinajstić information content (AvgIpc) is 2.76. The van der Waals surface area contributed by atoms with E-state index in [9.17, 15) is 0 Å². The van der Waals surface area contributed by atoms with Crippen LogP contribution in [0.15, 0.2) is 10.6 Å². The van der Waals surface area contributed by atoms with Crippen LogP contribution in [0.2, 0.25) is 0 Å². The van der Waals surface area contributed by atoms with Crippen molar-refractivity contribution in [1.29, 1.82) is 0 Å². The van der Waals surface area contributed by atoms with Crippen molar-refractivity contribution in [1.82, 2.24) is 10.5 Å². The van der Waals surface area contributed by atoms with Crippen molar-refractivity contribution in [2.24, 2.45) is 5.92 Å². The Hall–Kier alpha value is -0.830. The third-order valence-corrected chi connectivity index (χ3v) is 3.62. The lowest BCUT2D eigenvalue weighted by Crippen LogP contribution is -2.36. The zero-order valence-corrected chi connectivity index (χ0v) is 10.3. The second kappa shape index (κ2) is 5.48. The van der Waals surface area contributed by atoms with Gasteiger partial charge in [0.05, 0.1) is 12.2 Å². The minimum atomic E-state index is 0.656. The fourth-order valence-corrected chi connectivity index (χ4v) is 2.46. The largest absolute Gasteiger partial charge is 0.360 e. The first-order valence-electron chi connectivity index (χ1n) is 6.47. The Morgan fingerprint density at radius 3 is 2.94 bits per heavy atom. The van der Waals surface area contributed by atoms with Crippen molar-refractivity contribution in [2.75, 3.05) is 0 Å². The minimum absolute atomic E-state index is 0.656. The van der Waals surface area contributed by atoms with Crippen LogP contribution in [0.3, 0.4) is 0 Å². The molecule has 1 fully saturated rings. The molecular weight excluding hydrogens is 200 g/mol. The second-order valence-corrected chi connectivity index (χ2v) is 4.89. The van der Waals surface area contributed by atoms with Gasteiger partial charge in [-0.15, -0.1) is 0 Å². The Balaban J connectivity index is 1.81. The topological polar surface area (TPSA) is 38.1 Å². The fourth-order valence-electron chi connectivity index (χ4n) is 2.46. The molecule has 2 atom stereocenters. The molecule has 0 amide bonds. The van der Waals surface area contributed by atoms with E-state index < -0.39 is 0 Å². The molecule has 0 bridgehead atoms. The summed E-state index contributed by atoms with van der Waals surface area (Å²) in [5.74, 6) is 1.76. The molecule has 0 spiro atoms. The predicted octanol–water partition coefficient (Wildman–Crippen LogP) is 2.91. The molecule has 0 saturated heterocycles. The highest BCUT2D eigenvalue weighted by Gasteiger charge is 2.20. The van der Waals surface area contributed by atoms with E-state index in [1.165, 1.54) is 25.7 Å². The Bertz CT molecular complexity index is 321. The van der Waals surface area contributed by atoms with Gasteiger partial charge in [-0.1, -0.05) is 31.8 Å². The lowest BCUT2D eigenvalue weighted by molar-refractivity contribution is 0.267. The third-order valence-electron chi connectivity index (χ3n) is 3.62. The maximum absolute atomic E-state index is 5.27. The van der Waals surface area contributed by atoms with E-state index in [1.54, 1.807) is 0 Å². The van der Waals surface area contributed by atoms with Gasteiger partial charge in [0.15, 0.2) is 5.76 Å². The summed E-state index contributed by atoms with van der Waals surface area (Å²) in [6.07, 6.45) is 6.35. The number of hydrogen-bond acceptors (Lipinski definition) is 3. The highest BCUT2D eigenvalue weighted by Crippen LogP contribution is 2.23. The summed E-state index contributed by atoms with van der Waals surface area (Å²) in [6.45, 7) is 5.26. The quantitative estimate of drug-likeness (QED) is 0.851. The summed E-state index contributed by atoms with van der Waals surface area (Å²) in [4.78, 5) is 0. The van der Waals surface area contributed by atoms with Crippen molar-refractivity contribution in [3.05, 3.63) is 17.5 Å². The normalized spacial score (nSPS) is 25.9. The maximum atomic E-state index is 5.27. The third kappa shape index (κ3) is 2.85. The van der Waals surface area contributed by atoms with Gasteiger partial charge < -0.3 is 9.84 Å². The van der Waals surface area contributed by atoms with Gasteiger partial charge in [-0.3, -0.25) is 0 Å². The molecule has 1 aromatic rings. The molecule has 1 N–H and O–H groups in total. The highest BCUT2D eigenvalue weighted by atomic mass is 16.5. The van der Waals surface area contributed by atoms with Crippen LogP contribution < -0.4 is 5.32 Å². The van der Waals surface area contributed by atoms with Crippen LogP contribution in [0.1, 0.15) is 51.0 Å². The standard InChI is InChI=1S/C13H22N2O/c1-3-11-8-12(16-15-11)9-14-13-7-5-4-6-10(13)2/h8,10,13-14H,3-7,9H2,1-2H3. The van der Waals surface area contributed by atoms with Crippen molar-refractivity contribution in [3.8, 4) is 0 Å². The van der Waals surface area contributed by atoms with Crippen LogP contribution in [0.4, 0.5) is 0 Å². The van der Waals surface area contributed by atoms with Crippen LogP contribution in [-0.2, 0) is 13.0 Å². The van der Waals surface area contributed by atoms with E-state index >= 15 is 0 Å². The van der Waals surface area contributed by atoms with Gasteiger partial charge in [-0.05, 0) is 25.2 Å². The summed E-state index contributed by atoms with van der Waals surface area (Å²) < 4.78 is 5.27. The number of aryl methyl sites for hydroxylation is 1. The monoisotopic (exact) mass is 222 g/mol. The molecule has 16 heavy (non-hydrogen) atoms. The lowest BCUT2D eigenvalue weighted by atomic mass is 9.86. The smallest absolute Gasteiger partial charge is 0.150 e. The van der Waals surface area contributed by atoms with E-state index in [2.05, 4.69) is 30.4 Å². The minimum Gasteiger partial charge on any atom is -0.360 e. The Labute approximate surface area is 97.6 Å². The SMILES string of the molecule is CCc1cc(CNC2CCCCC2C)on1. The summed E-state index contributed by atoms with van der Waals surface area (Å²) >= 11 is 0. The molecule has 3 heteroatoms. The van der Waals surface area contributed by atoms with Gasteiger partial charge >= 0.3 is 0 Å². The molecule has 0 aliphatic heterocycles. The molecule has 2 unspecified atom stereocenters. The van der Waals surface area contributed by atoms with Gasteiger partial charge in [0.2, 0.25) is 0 Å². The maximum Gasteiger partial charge on any atom is 0.150 e. The highest BCUT2D eigenvalue weighted by molar-refractivity contribution is 5.04. The van der Waals surface area contributed by atoms with E-state index in [4.69, 9.17) is 4.52 Å². The van der Waals surface area contributed by atoms with Gasteiger partial charge in [-0.2, -0.15) is 0 Å². The summed E-state index contributed by atoms with van der Waals surface area (Å²) in [5.41, 5.74) is 1.05. The molecular formula is C13H22N2O. The van der Waals surface area contributed by atoms with E-state index in [0.717, 1.165) is 30.3 Å². The van der Waals surface area contributed by atoms with Gasteiger partial charge in [0.1, 0.15) is 0 Å². The van der Waals surface area contributed by atoms with E-state index in [-0.39, 0.29) is 0 Å². The van der Waals surface area contributed by atoms with Crippen LogP contribution >= 0.6 is 0 Å². The molecule has 1 aromatic heterocycles. The van der Waals surface area contributed by atoms with Crippen LogP contribution in [0, 0.1) is 5.92 Å². The summed E-state index contributed by atoms with van der Waals surface area (Å²) in [5, 5.41) is 7.59. The first-order valence-corrected chi connectivity index (χ1v) is 6.47. The van der Waals surface area contributed by atoms with Crippen molar-refractivity contribution in [2.45, 2.75) is 58.5 Å². The Morgan fingerprint density at radius 2 is 2.25 bits per heavy atom. The molecule has 1 heterocycles. The predicted molar refractivity (Wildman–Crippen MR) is 64.1 cm³/mol. The molecule has 90 valence electrons. The van der Waals surface area contributed by atoms with Crippen LogP contribution in [-0.4, -0.2) is 11.2 Å². The first-order chi connectivity index (χ1) is 7.79. The number of aromatic nitrogens is 1. The van der Waals surface area contributed by atoms with Gasteiger partial charge in [0.25, 0.3) is 0 Å². The van der Waals surface area contributed by atoms with Crippen molar-refractivity contribution >= 4 is 0 Å². The second-order valence-electron chi connectivity index (χ2n) is 4.89. The average molecular weight is 222 g/mol. The lowest BCUT2D eigenvalue weighted by Gasteiger charge is -2.29. The van der Waals surface area contributed by atoms with Crippen molar-refractivity contribution in [3.63, 3.8) is 0 Å². The fraction of sp³-hybridized carbons (Fsp3) is 0.769. The number of nitrogens with one attached hydrogen (secondary N) is 1. The molecule has 3 nitrogen and oxygen atoms in total. The zero-order chi connectivity index (χ0) is 11.4. The molecule has 0 aromatic carbocycles. The number of hydrogen-bond donors (Lipinski definition) is 1. The first kappa shape index (κ1) is 11.6. The van der Waals surface area contributed by atoms with Crippen molar-refractivity contribution < 1.29 is 4.52 Å². The Morgan fingerprint density at radius 1 is 1.44 bits per heavy atom. The zero-order valence-electron chi connectivity index (χ0n) is 10.3. The van der Waals surface area contributed by atoms with Gasteiger partial charge in [-0.25, -0.2) is 0 Å². The summed E-state index contributed by atoms with van der Waals surface area (Å²) in [7, 11) is 0.